The van der Waals surface area contributed by atoms with E-state index in [0.717, 1.165) is 30.3 Å². The number of nitrogens with zero attached hydrogens (tertiary/aromatic N) is 1. The Morgan fingerprint density at radius 1 is 1.39 bits per heavy atom. The third-order valence-electron chi connectivity index (χ3n) is 4.88. The van der Waals surface area contributed by atoms with Gasteiger partial charge in [0.25, 0.3) is 0 Å². The van der Waals surface area contributed by atoms with Crippen LogP contribution in [0.25, 0.3) is 0 Å². The van der Waals surface area contributed by atoms with Crippen LogP contribution in [0, 0.1) is 5.92 Å². The molecule has 3 atom stereocenters. The van der Waals surface area contributed by atoms with Crippen molar-refractivity contribution in [1.29, 1.82) is 0 Å². The van der Waals surface area contributed by atoms with Gasteiger partial charge in [0.05, 0.1) is 12.3 Å². The molecule has 18 heavy (non-hydrogen) atoms. The second-order valence-corrected chi connectivity index (χ2v) is 5.83. The van der Waals surface area contributed by atoms with E-state index >= 15 is 0 Å². The summed E-state index contributed by atoms with van der Waals surface area (Å²) in [7, 11) is 2.30. The molecule has 3 nitrogen and oxygen atoms in total. The average Bonchev–Trinajstić information content (AvgIpc) is 2.94. The van der Waals surface area contributed by atoms with Gasteiger partial charge in [-0.2, -0.15) is 0 Å². The van der Waals surface area contributed by atoms with Gasteiger partial charge in [-0.15, -0.1) is 0 Å². The zero-order valence-electron chi connectivity index (χ0n) is 11.4. The second kappa shape index (κ2) is 5.06. The number of piperidine rings is 1. The van der Waals surface area contributed by atoms with Crippen LogP contribution in [0.3, 0.4) is 0 Å². The van der Waals surface area contributed by atoms with Crippen LogP contribution >= 0.6 is 0 Å². The first-order valence-corrected chi connectivity index (χ1v) is 7.28. The normalized spacial score (nSPS) is 33.8. The lowest BCUT2D eigenvalue weighted by molar-refractivity contribution is 0.107. The molecule has 2 fully saturated rings. The van der Waals surface area contributed by atoms with Gasteiger partial charge in [-0.05, 0) is 57.3 Å². The summed E-state index contributed by atoms with van der Waals surface area (Å²) < 4.78 is 5.64. The minimum absolute atomic E-state index is 0.404. The fraction of sp³-hybridized carbons (Fsp3) is 0.733. The minimum atomic E-state index is 0.404. The summed E-state index contributed by atoms with van der Waals surface area (Å²) in [6.07, 6.45) is 7.18. The Hall–Kier alpha value is -0.800. The van der Waals surface area contributed by atoms with E-state index in [0.29, 0.717) is 6.04 Å². The standard InChI is InChI=1S/C15H24N2O/c1-3-16-15(14-5-4-8-18-14)11-9-12-6-7-13(10-11)17(12)2/h4-5,8,11-13,15-16H,3,6-7,9-10H2,1-2H3. The Labute approximate surface area is 110 Å². The molecule has 0 radical (unpaired) electrons. The minimum Gasteiger partial charge on any atom is -0.468 e. The number of hydrogen-bond acceptors (Lipinski definition) is 3. The molecule has 0 spiro atoms. The fourth-order valence-electron chi connectivity index (χ4n) is 3.91. The van der Waals surface area contributed by atoms with Crippen molar-refractivity contribution in [2.24, 2.45) is 5.92 Å². The first kappa shape index (κ1) is 12.2. The van der Waals surface area contributed by atoms with Gasteiger partial charge in [0.2, 0.25) is 0 Å². The highest BCUT2D eigenvalue weighted by Gasteiger charge is 2.41. The second-order valence-electron chi connectivity index (χ2n) is 5.83. The van der Waals surface area contributed by atoms with Crippen LogP contribution in [0.4, 0.5) is 0 Å². The molecular weight excluding hydrogens is 224 g/mol. The van der Waals surface area contributed by atoms with Crippen LogP contribution in [0.1, 0.15) is 44.4 Å². The van der Waals surface area contributed by atoms with E-state index < -0.39 is 0 Å². The molecule has 1 aromatic heterocycles. The SMILES string of the molecule is CCNC(c1ccco1)C1CC2CCC(C1)N2C. The highest BCUT2D eigenvalue weighted by Crippen LogP contribution is 2.42. The highest BCUT2D eigenvalue weighted by atomic mass is 16.3. The molecule has 1 aromatic rings. The first-order valence-electron chi connectivity index (χ1n) is 7.28. The van der Waals surface area contributed by atoms with E-state index in [1.807, 2.05) is 6.07 Å². The summed E-state index contributed by atoms with van der Waals surface area (Å²) >= 11 is 0. The lowest BCUT2D eigenvalue weighted by Gasteiger charge is -2.39. The van der Waals surface area contributed by atoms with Crippen molar-refractivity contribution in [3.63, 3.8) is 0 Å². The molecule has 2 aliphatic rings. The number of fused-ring (bicyclic) bond motifs is 2. The van der Waals surface area contributed by atoms with Crippen molar-refractivity contribution in [2.75, 3.05) is 13.6 Å². The predicted octanol–water partition coefficient (Wildman–Crippen LogP) is 2.80. The summed E-state index contributed by atoms with van der Waals surface area (Å²) in [4.78, 5) is 2.60. The molecule has 3 heteroatoms. The first-order chi connectivity index (χ1) is 8.79. The largest absolute Gasteiger partial charge is 0.468 e. The van der Waals surface area contributed by atoms with Crippen LogP contribution in [-0.2, 0) is 0 Å². The monoisotopic (exact) mass is 248 g/mol. The molecule has 3 unspecified atom stereocenters. The summed E-state index contributed by atoms with van der Waals surface area (Å²) in [5, 5.41) is 3.63. The molecule has 0 aromatic carbocycles. The molecule has 100 valence electrons. The van der Waals surface area contributed by atoms with Crippen molar-refractivity contribution in [2.45, 2.75) is 50.7 Å². The molecule has 3 rings (SSSR count). The van der Waals surface area contributed by atoms with Gasteiger partial charge in [0.15, 0.2) is 0 Å². The molecular formula is C15H24N2O. The van der Waals surface area contributed by atoms with E-state index in [4.69, 9.17) is 4.42 Å². The topological polar surface area (TPSA) is 28.4 Å². The lowest BCUT2D eigenvalue weighted by atomic mass is 9.84. The Morgan fingerprint density at radius 3 is 2.67 bits per heavy atom. The molecule has 3 heterocycles. The Bertz CT molecular complexity index is 362. The van der Waals surface area contributed by atoms with E-state index in [1.54, 1.807) is 6.26 Å². The lowest BCUT2D eigenvalue weighted by Crippen LogP contribution is -2.43. The maximum absolute atomic E-state index is 5.64. The van der Waals surface area contributed by atoms with Gasteiger partial charge in [0.1, 0.15) is 5.76 Å². The van der Waals surface area contributed by atoms with Crippen molar-refractivity contribution in [3.8, 4) is 0 Å². The average molecular weight is 248 g/mol. The molecule has 2 aliphatic heterocycles. The van der Waals surface area contributed by atoms with Gasteiger partial charge in [-0.1, -0.05) is 6.92 Å². The Balaban J connectivity index is 1.76. The molecule has 0 amide bonds. The Kier molecular flexibility index (Phi) is 3.44. The van der Waals surface area contributed by atoms with E-state index in [2.05, 4.69) is 30.3 Å². The van der Waals surface area contributed by atoms with Crippen LogP contribution < -0.4 is 5.32 Å². The molecule has 1 N–H and O–H groups in total. The number of nitrogens with one attached hydrogen (secondary N) is 1. The number of furan rings is 1. The van der Waals surface area contributed by atoms with E-state index in [-0.39, 0.29) is 0 Å². The van der Waals surface area contributed by atoms with Gasteiger partial charge in [-0.3, -0.25) is 0 Å². The highest BCUT2D eigenvalue weighted by molar-refractivity contribution is 5.08. The molecule has 2 saturated heterocycles. The summed E-state index contributed by atoms with van der Waals surface area (Å²) in [5.41, 5.74) is 0. The van der Waals surface area contributed by atoms with Crippen LogP contribution in [-0.4, -0.2) is 30.6 Å². The zero-order chi connectivity index (χ0) is 12.5. The maximum atomic E-state index is 5.64. The van der Waals surface area contributed by atoms with Crippen LogP contribution in [0.15, 0.2) is 22.8 Å². The summed E-state index contributed by atoms with van der Waals surface area (Å²) in [6, 6.07) is 6.12. The molecule has 0 aliphatic carbocycles. The van der Waals surface area contributed by atoms with E-state index in [1.165, 1.54) is 25.7 Å². The number of hydrogen-bond donors (Lipinski definition) is 1. The smallest absolute Gasteiger partial charge is 0.120 e. The van der Waals surface area contributed by atoms with Crippen LogP contribution in [0.2, 0.25) is 0 Å². The van der Waals surface area contributed by atoms with Gasteiger partial charge >= 0.3 is 0 Å². The van der Waals surface area contributed by atoms with Crippen LogP contribution in [0.5, 0.6) is 0 Å². The predicted molar refractivity (Wildman–Crippen MR) is 72.4 cm³/mol. The van der Waals surface area contributed by atoms with Crippen molar-refractivity contribution >= 4 is 0 Å². The quantitative estimate of drug-likeness (QED) is 0.888. The maximum Gasteiger partial charge on any atom is 0.120 e. The Morgan fingerprint density at radius 2 is 2.11 bits per heavy atom. The summed E-state index contributed by atoms with van der Waals surface area (Å²) in [5.74, 6) is 1.84. The van der Waals surface area contributed by atoms with Gasteiger partial charge in [-0.25, -0.2) is 0 Å². The van der Waals surface area contributed by atoms with Gasteiger partial charge < -0.3 is 14.6 Å². The van der Waals surface area contributed by atoms with E-state index in [9.17, 15) is 0 Å². The summed E-state index contributed by atoms with van der Waals surface area (Å²) in [6.45, 7) is 3.19. The molecule has 0 saturated carbocycles. The van der Waals surface area contributed by atoms with Crippen molar-refractivity contribution in [3.05, 3.63) is 24.2 Å². The number of rotatable bonds is 4. The molecule has 2 bridgehead atoms. The van der Waals surface area contributed by atoms with Crippen molar-refractivity contribution < 1.29 is 4.42 Å². The zero-order valence-corrected chi connectivity index (χ0v) is 11.4. The third-order valence-corrected chi connectivity index (χ3v) is 4.88. The van der Waals surface area contributed by atoms with Gasteiger partial charge in [0, 0.05) is 12.1 Å². The third kappa shape index (κ3) is 2.10. The fourth-order valence-corrected chi connectivity index (χ4v) is 3.91. The van der Waals surface area contributed by atoms with Crippen molar-refractivity contribution in [1.82, 2.24) is 10.2 Å².